The molecule has 1 amide bonds. The Hall–Kier alpha value is -2.97. The van der Waals surface area contributed by atoms with Crippen molar-refractivity contribution in [1.29, 1.82) is 0 Å². The van der Waals surface area contributed by atoms with E-state index in [-0.39, 0.29) is 11.5 Å². The SMILES string of the molecule is CC1=C(C(=O)Nc2ccccc2C)C(c2cccs2)n2c(sc(=Cc3ccc(Cl)cc3Cl)c2=O)=N1. The van der Waals surface area contributed by atoms with Gasteiger partial charge in [-0.15, -0.1) is 11.3 Å². The molecule has 5 nitrogen and oxygen atoms in total. The number of thiophene rings is 1. The number of hydrogen-bond donors (Lipinski definition) is 1. The van der Waals surface area contributed by atoms with E-state index in [1.165, 1.54) is 22.7 Å². The Labute approximate surface area is 219 Å². The van der Waals surface area contributed by atoms with Crippen LogP contribution in [0.3, 0.4) is 0 Å². The molecule has 5 rings (SSSR count). The second-order valence-electron chi connectivity index (χ2n) is 8.03. The third-order valence-electron chi connectivity index (χ3n) is 5.72. The molecule has 0 radical (unpaired) electrons. The number of thiazole rings is 1. The van der Waals surface area contributed by atoms with E-state index in [0.29, 0.717) is 36.2 Å². The van der Waals surface area contributed by atoms with Crippen molar-refractivity contribution in [2.24, 2.45) is 4.99 Å². The lowest BCUT2D eigenvalue weighted by molar-refractivity contribution is -0.113. The molecule has 1 aliphatic rings. The first-order chi connectivity index (χ1) is 16.8. The highest BCUT2D eigenvalue weighted by molar-refractivity contribution is 7.10. The van der Waals surface area contributed by atoms with E-state index in [0.717, 1.165) is 16.1 Å². The van der Waals surface area contributed by atoms with Gasteiger partial charge >= 0.3 is 0 Å². The smallest absolute Gasteiger partial charge is 0.271 e. The number of anilines is 1. The highest BCUT2D eigenvalue weighted by atomic mass is 35.5. The first-order valence-electron chi connectivity index (χ1n) is 10.7. The molecule has 0 saturated heterocycles. The van der Waals surface area contributed by atoms with Crippen LogP contribution in [-0.2, 0) is 4.79 Å². The van der Waals surface area contributed by atoms with Gasteiger partial charge in [-0.1, -0.05) is 64.9 Å². The fourth-order valence-electron chi connectivity index (χ4n) is 3.99. The third-order valence-corrected chi connectivity index (χ3v) is 8.19. The minimum atomic E-state index is -0.585. The molecule has 2 aromatic carbocycles. The van der Waals surface area contributed by atoms with Crippen molar-refractivity contribution < 1.29 is 4.79 Å². The van der Waals surface area contributed by atoms with E-state index in [1.54, 1.807) is 35.8 Å². The molecular weight excluding hydrogens is 521 g/mol. The van der Waals surface area contributed by atoms with Gasteiger partial charge in [-0.25, -0.2) is 4.99 Å². The Morgan fingerprint density at radius 2 is 1.91 bits per heavy atom. The van der Waals surface area contributed by atoms with Gasteiger partial charge in [0, 0.05) is 20.6 Å². The topological polar surface area (TPSA) is 63.5 Å². The number of nitrogens with zero attached hydrogens (tertiary/aromatic N) is 2. The predicted octanol–water partition coefficient (Wildman–Crippen LogP) is 5.55. The molecule has 9 heteroatoms. The first-order valence-corrected chi connectivity index (χ1v) is 13.2. The van der Waals surface area contributed by atoms with Gasteiger partial charge in [0.05, 0.1) is 15.8 Å². The van der Waals surface area contributed by atoms with E-state index in [2.05, 4.69) is 10.3 Å². The fourth-order valence-corrected chi connectivity index (χ4v) is 6.31. The van der Waals surface area contributed by atoms with Crippen molar-refractivity contribution in [2.75, 3.05) is 5.32 Å². The number of carbonyl (C=O) groups excluding carboxylic acids is 1. The summed E-state index contributed by atoms with van der Waals surface area (Å²) in [6.07, 6.45) is 1.74. The number of nitrogens with one attached hydrogen (secondary N) is 1. The summed E-state index contributed by atoms with van der Waals surface area (Å²) in [5.74, 6) is -0.283. The summed E-state index contributed by atoms with van der Waals surface area (Å²) in [5, 5.41) is 5.92. The molecule has 2 aromatic heterocycles. The van der Waals surface area contributed by atoms with E-state index in [1.807, 2.05) is 48.7 Å². The highest BCUT2D eigenvalue weighted by Gasteiger charge is 2.33. The summed E-state index contributed by atoms with van der Waals surface area (Å²) in [4.78, 5) is 33.3. The Balaban J connectivity index is 1.66. The predicted molar refractivity (Wildman–Crippen MR) is 144 cm³/mol. The average Bonchev–Trinajstić information content (AvgIpc) is 3.45. The molecule has 4 aromatic rings. The highest BCUT2D eigenvalue weighted by Crippen LogP contribution is 2.33. The van der Waals surface area contributed by atoms with E-state index in [9.17, 15) is 9.59 Å². The number of aromatic nitrogens is 1. The molecule has 1 unspecified atom stereocenters. The molecule has 1 atom stereocenters. The van der Waals surface area contributed by atoms with Crippen LogP contribution in [-0.4, -0.2) is 10.5 Å². The maximum atomic E-state index is 13.7. The normalized spacial score (nSPS) is 15.7. The van der Waals surface area contributed by atoms with Gasteiger partial charge < -0.3 is 5.32 Å². The summed E-state index contributed by atoms with van der Waals surface area (Å²) in [5.41, 5.74) is 3.14. The van der Waals surface area contributed by atoms with Crippen molar-refractivity contribution in [3.05, 3.63) is 117 Å². The lowest BCUT2D eigenvalue weighted by Crippen LogP contribution is -2.40. The molecule has 176 valence electrons. The number of halogens is 2. The molecule has 1 aliphatic heterocycles. The van der Waals surface area contributed by atoms with Gasteiger partial charge in [0.1, 0.15) is 6.04 Å². The van der Waals surface area contributed by atoms with Crippen LogP contribution in [0.15, 0.2) is 81.0 Å². The van der Waals surface area contributed by atoms with Crippen LogP contribution in [0.5, 0.6) is 0 Å². The van der Waals surface area contributed by atoms with Crippen molar-refractivity contribution in [1.82, 2.24) is 4.57 Å². The molecule has 0 spiro atoms. The zero-order valence-electron chi connectivity index (χ0n) is 18.7. The number of fused-ring (bicyclic) bond motifs is 1. The Kier molecular flexibility index (Phi) is 6.51. The zero-order chi connectivity index (χ0) is 24.7. The molecule has 35 heavy (non-hydrogen) atoms. The maximum absolute atomic E-state index is 13.7. The quantitative estimate of drug-likeness (QED) is 0.369. The third kappa shape index (κ3) is 4.52. The summed E-state index contributed by atoms with van der Waals surface area (Å²) in [6.45, 7) is 3.74. The van der Waals surface area contributed by atoms with Gasteiger partial charge in [0.25, 0.3) is 11.5 Å². The second kappa shape index (κ2) is 9.59. The molecule has 0 bridgehead atoms. The van der Waals surface area contributed by atoms with Crippen molar-refractivity contribution in [3.63, 3.8) is 0 Å². The molecule has 0 aliphatic carbocycles. The average molecular weight is 540 g/mol. The van der Waals surface area contributed by atoms with Gasteiger partial charge in [0.15, 0.2) is 4.80 Å². The van der Waals surface area contributed by atoms with Gasteiger partial charge in [0.2, 0.25) is 0 Å². The summed E-state index contributed by atoms with van der Waals surface area (Å²) < 4.78 is 2.08. The van der Waals surface area contributed by atoms with Gasteiger partial charge in [-0.05, 0) is 60.7 Å². The van der Waals surface area contributed by atoms with Gasteiger partial charge in [-0.2, -0.15) is 0 Å². The van der Waals surface area contributed by atoms with Crippen LogP contribution in [0, 0.1) is 6.92 Å². The van der Waals surface area contributed by atoms with E-state index >= 15 is 0 Å². The number of amides is 1. The van der Waals surface area contributed by atoms with Crippen LogP contribution in [0.25, 0.3) is 6.08 Å². The summed E-state index contributed by atoms with van der Waals surface area (Å²) >= 11 is 15.1. The largest absolute Gasteiger partial charge is 0.322 e. The molecule has 0 fully saturated rings. The number of allylic oxidation sites excluding steroid dienone is 1. The van der Waals surface area contributed by atoms with Crippen molar-refractivity contribution in [2.45, 2.75) is 19.9 Å². The van der Waals surface area contributed by atoms with E-state index < -0.39 is 6.04 Å². The van der Waals surface area contributed by atoms with Crippen molar-refractivity contribution in [3.8, 4) is 0 Å². The monoisotopic (exact) mass is 539 g/mol. The summed E-state index contributed by atoms with van der Waals surface area (Å²) in [6, 6.07) is 16.0. The molecule has 0 saturated carbocycles. The van der Waals surface area contributed by atoms with Crippen LogP contribution < -0.4 is 20.2 Å². The lowest BCUT2D eigenvalue weighted by atomic mass is 10.0. The van der Waals surface area contributed by atoms with E-state index in [4.69, 9.17) is 23.2 Å². The molecular formula is C26H19Cl2N3O2S2. The Morgan fingerprint density at radius 1 is 1.11 bits per heavy atom. The Bertz CT molecular complexity index is 1670. The first kappa shape index (κ1) is 23.8. The number of para-hydroxylation sites is 1. The molecule has 3 heterocycles. The number of benzene rings is 2. The standard InChI is InChI=1S/C26H19Cl2N3O2S2/c1-14-6-3-4-7-19(14)30-24(32)22-15(2)29-26-31(23(22)20-8-5-11-34-20)25(33)21(35-26)12-16-9-10-17(27)13-18(16)28/h3-13,23H,1-2H3,(H,30,32). The van der Waals surface area contributed by atoms with Crippen LogP contribution in [0.1, 0.15) is 29.0 Å². The van der Waals surface area contributed by atoms with Crippen LogP contribution >= 0.6 is 45.9 Å². The van der Waals surface area contributed by atoms with Crippen LogP contribution in [0.4, 0.5) is 5.69 Å². The minimum Gasteiger partial charge on any atom is -0.322 e. The number of rotatable bonds is 4. The summed E-state index contributed by atoms with van der Waals surface area (Å²) in [7, 11) is 0. The lowest BCUT2D eigenvalue weighted by Gasteiger charge is -2.24. The fraction of sp³-hybridized carbons (Fsp3) is 0.115. The number of hydrogen-bond acceptors (Lipinski definition) is 5. The van der Waals surface area contributed by atoms with Crippen LogP contribution in [0.2, 0.25) is 10.0 Å². The molecule has 1 N–H and O–H groups in total. The van der Waals surface area contributed by atoms with Crippen molar-refractivity contribution >= 4 is 63.5 Å². The number of carbonyl (C=O) groups is 1. The van der Waals surface area contributed by atoms with Gasteiger partial charge in [-0.3, -0.25) is 14.2 Å². The minimum absolute atomic E-state index is 0.230. The maximum Gasteiger partial charge on any atom is 0.271 e. The second-order valence-corrected chi connectivity index (χ2v) is 10.9. The number of aryl methyl sites for hydroxylation is 1. The Morgan fingerprint density at radius 3 is 2.63 bits per heavy atom. The zero-order valence-corrected chi connectivity index (χ0v) is 21.9.